The number of benzene rings is 5. The van der Waals surface area contributed by atoms with Crippen molar-refractivity contribution < 1.29 is 4.57 Å². The Hall–Kier alpha value is -5.87. The molecule has 4 heteroatoms. The van der Waals surface area contributed by atoms with Crippen molar-refractivity contribution >= 4 is 48.9 Å². The summed E-state index contributed by atoms with van der Waals surface area (Å²) in [6, 6.07) is 47.3. The fraction of sp³-hybridized carbons (Fsp3) is 0. The molecule has 200 valence electrons. The lowest BCUT2D eigenvalue weighted by Gasteiger charge is -2.08. The van der Waals surface area contributed by atoms with Crippen LogP contribution in [0.4, 0.5) is 0 Å². The molecular formula is C39H25N4+. The Kier molecular flexibility index (Phi) is 5.16. The zero-order valence-corrected chi connectivity index (χ0v) is 23.2. The van der Waals surface area contributed by atoms with E-state index in [4.69, 9.17) is 4.98 Å². The second kappa shape index (κ2) is 9.33. The van der Waals surface area contributed by atoms with Crippen molar-refractivity contribution in [3.05, 3.63) is 152 Å². The van der Waals surface area contributed by atoms with Gasteiger partial charge in [-0.1, -0.05) is 36.4 Å². The van der Waals surface area contributed by atoms with Gasteiger partial charge in [-0.3, -0.25) is 4.98 Å². The third-order valence-corrected chi connectivity index (χ3v) is 8.41. The van der Waals surface area contributed by atoms with Crippen LogP contribution in [0.2, 0.25) is 0 Å². The van der Waals surface area contributed by atoms with Crippen molar-refractivity contribution in [1.82, 2.24) is 14.4 Å². The van der Waals surface area contributed by atoms with Crippen LogP contribution in [0.25, 0.3) is 77.2 Å². The zero-order chi connectivity index (χ0) is 28.3. The normalized spacial score (nSPS) is 11.7. The summed E-state index contributed by atoms with van der Waals surface area (Å²) in [5.41, 5.74) is 7.49. The average Bonchev–Trinajstić information content (AvgIpc) is 3.45. The summed E-state index contributed by atoms with van der Waals surface area (Å²) < 4.78 is 4.50. The highest BCUT2D eigenvalue weighted by Crippen LogP contribution is 2.31. The molecule has 0 bridgehead atoms. The minimum Gasteiger partial charge on any atom is -0.256 e. The van der Waals surface area contributed by atoms with E-state index in [9.17, 15) is 0 Å². The number of imidazole rings is 1. The van der Waals surface area contributed by atoms with Crippen molar-refractivity contribution in [2.24, 2.45) is 0 Å². The van der Waals surface area contributed by atoms with Gasteiger partial charge >= 0.3 is 0 Å². The highest BCUT2D eigenvalue weighted by atomic mass is 15.1. The van der Waals surface area contributed by atoms with Crippen molar-refractivity contribution in [2.75, 3.05) is 0 Å². The molecule has 0 N–H and O–H groups in total. The van der Waals surface area contributed by atoms with E-state index < -0.39 is 0 Å². The fourth-order valence-corrected chi connectivity index (χ4v) is 6.27. The number of nitrogens with zero attached hydrogens (tertiary/aromatic N) is 4. The molecule has 9 aromatic rings. The monoisotopic (exact) mass is 549 g/mol. The summed E-state index contributed by atoms with van der Waals surface area (Å²) in [6.45, 7) is 0. The van der Waals surface area contributed by atoms with Crippen molar-refractivity contribution in [2.45, 2.75) is 0 Å². The van der Waals surface area contributed by atoms with Gasteiger partial charge < -0.3 is 0 Å². The first kappa shape index (κ1) is 23.8. The van der Waals surface area contributed by atoms with Crippen molar-refractivity contribution in [3.8, 4) is 28.3 Å². The first-order valence-corrected chi connectivity index (χ1v) is 14.5. The summed E-state index contributed by atoms with van der Waals surface area (Å²) in [5, 5.41) is 7.10. The van der Waals surface area contributed by atoms with Crippen molar-refractivity contribution in [1.29, 1.82) is 0 Å². The fourth-order valence-electron chi connectivity index (χ4n) is 6.27. The van der Waals surface area contributed by atoms with Crippen molar-refractivity contribution in [3.63, 3.8) is 0 Å². The molecule has 5 aromatic carbocycles. The van der Waals surface area contributed by atoms with E-state index in [1.165, 1.54) is 27.1 Å². The van der Waals surface area contributed by atoms with Gasteiger partial charge in [0.15, 0.2) is 5.52 Å². The van der Waals surface area contributed by atoms with Gasteiger partial charge in [-0.05, 0) is 119 Å². The van der Waals surface area contributed by atoms with E-state index in [1.807, 2.05) is 12.3 Å². The summed E-state index contributed by atoms with van der Waals surface area (Å²) in [6.07, 6.45) is 6.16. The van der Waals surface area contributed by atoms with Gasteiger partial charge in [0.05, 0.1) is 28.5 Å². The van der Waals surface area contributed by atoms with Gasteiger partial charge in [0.1, 0.15) is 11.9 Å². The second-order valence-electron chi connectivity index (χ2n) is 11.1. The molecule has 0 saturated carbocycles. The number of fused-ring (bicyclic) bond motifs is 5. The molecule has 0 saturated heterocycles. The number of hydrogen-bond acceptors (Lipinski definition) is 2. The molecule has 4 aromatic heterocycles. The molecule has 0 aliphatic heterocycles. The van der Waals surface area contributed by atoms with Crippen LogP contribution >= 0.6 is 0 Å². The Morgan fingerprint density at radius 1 is 0.512 bits per heavy atom. The van der Waals surface area contributed by atoms with Crippen LogP contribution in [-0.2, 0) is 0 Å². The van der Waals surface area contributed by atoms with Gasteiger partial charge in [0.25, 0.3) is 5.82 Å². The van der Waals surface area contributed by atoms with E-state index in [1.54, 1.807) is 0 Å². The number of pyridine rings is 3. The predicted molar refractivity (Wildman–Crippen MR) is 175 cm³/mol. The zero-order valence-electron chi connectivity index (χ0n) is 23.2. The molecular weight excluding hydrogens is 524 g/mol. The minimum absolute atomic E-state index is 0.964. The van der Waals surface area contributed by atoms with Gasteiger partial charge in [-0.25, -0.2) is 4.98 Å². The Labute approximate surface area is 247 Å². The molecule has 0 atom stereocenters. The molecule has 9 rings (SSSR count). The van der Waals surface area contributed by atoms with Crippen LogP contribution in [0.15, 0.2) is 152 Å². The summed E-state index contributed by atoms with van der Waals surface area (Å²) in [5.74, 6) is 1.12. The Balaban J connectivity index is 1.12. The molecule has 0 aliphatic carbocycles. The smallest absolute Gasteiger partial charge is 0.256 e. The first-order valence-electron chi connectivity index (χ1n) is 14.5. The number of rotatable bonds is 3. The molecule has 0 fully saturated rings. The largest absolute Gasteiger partial charge is 0.299 e. The molecule has 4 heterocycles. The molecule has 43 heavy (non-hydrogen) atoms. The molecule has 0 radical (unpaired) electrons. The van der Waals surface area contributed by atoms with E-state index in [0.29, 0.717) is 0 Å². The van der Waals surface area contributed by atoms with Gasteiger partial charge in [-0.2, -0.15) is 8.97 Å². The van der Waals surface area contributed by atoms with Crippen LogP contribution in [0, 0.1) is 0 Å². The third-order valence-electron chi connectivity index (χ3n) is 8.41. The third kappa shape index (κ3) is 3.96. The van der Waals surface area contributed by atoms with Gasteiger partial charge in [0, 0.05) is 22.5 Å². The first-order chi connectivity index (χ1) is 21.3. The molecule has 0 aliphatic rings. The quantitative estimate of drug-likeness (QED) is 0.163. The van der Waals surface area contributed by atoms with Crippen LogP contribution in [0.5, 0.6) is 0 Å². The molecule has 4 nitrogen and oxygen atoms in total. The van der Waals surface area contributed by atoms with E-state index in [0.717, 1.165) is 50.1 Å². The van der Waals surface area contributed by atoms with Crippen LogP contribution in [0.1, 0.15) is 0 Å². The summed E-state index contributed by atoms with van der Waals surface area (Å²) >= 11 is 0. The maximum Gasteiger partial charge on any atom is 0.299 e. The average molecular weight is 550 g/mol. The lowest BCUT2D eigenvalue weighted by atomic mass is 9.99. The Morgan fingerprint density at radius 3 is 2.02 bits per heavy atom. The Bertz CT molecular complexity index is 2490. The molecule has 0 unspecified atom stereocenters. The number of hydrogen-bond donors (Lipinski definition) is 0. The van der Waals surface area contributed by atoms with Gasteiger partial charge in [-0.15, -0.1) is 0 Å². The number of aromatic nitrogens is 4. The maximum atomic E-state index is 5.11. The van der Waals surface area contributed by atoms with E-state index in [-0.39, 0.29) is 0 Å². The van der Waals surface area contributed by atoms with Crippen LogP contribution in [0.3, 0.4) is 0 Å². The van der Waals surface area contributed by atoms with E-state index >= 15 is 0 Å². The maximum absolute atomic E-state index is 5.11. The van der Waals surface area contributed by atoms with E-state index in [2.05, 4.69) is 154 Å². The lowest BCUT2D eigenvalue weighted by Crippen LogP contribution is -2.31. The standard InChI is InChI=1S/C39H25N4/c1-2-7-27(8-3-1)39-42-18-5-4-10-35(42)25-43(39)34-14-11-26(12-15-34)36-16-13-29-20-31-21-32-23-37-28(9-6-17-40-37)19-30(32)22-33(31)24-38(29)41-36/h1-25H/q+1. The topological polar surface area (TPSA) is 34.1 Å². The molecule has 0 spiro atoms. The van der Waals surface area contributed by atoms with Crippen LogP contribution < -0.4 is 4.57 Å². The lowest BCUT2D eigenvalue weighted by molar-refractivity contribution is -0.582. The highest BCUT2D eigenvalue weighted by Gasteiger charge is 2.21. The second-order valence-corrected chi connectivity index (χ2v) is 11.1. The Morgan fingerprint density at radius 2 is 1.21 bits per heavy atom. The highest BCUT2D eigenvalue weighted by molar-refractivity contribution is 6.07. The van der Waals surface area contributed by atoms with Gasteiger partial charge in [0.2, 0.25) is 0 Å². The summed E-state index contributed by atoms with van der Waals surface area (Å²) in [4.78, 5) is 9.64. The molecule has 0 amide bonds. The minimum atomic E-state index is 0.964. The predicted octanol–water partition coefficient (Wildman–Crippen LogP) is 8.95. The summed E-state index contributed by atoms with van der Waals surface area (Å²) in [7, 11) is 0. The van der Waals surface area contributed by atoms with Crippen LogP contribution in [-0.4, -0.2) is 14.4 Å². The SMILES string of the molecule is c1ccc(-c2n3ccccc3c[n+]2-c2ccc(-c3ccc4cc5cc6cc7ncccc7cc6cc5cc4n3)cc2)cc1.